The number of phenolic OH excluding ortho intramolecular Hbond substituents is 1. The van der Waals surface area contributed by atoms with Crippen LogP contribution in [0.5, 0.6) is 5.75 Å². The van der Waals surface area contributed by atoms with Gasteiger partial charge in [-0.25, -0.2) is 4.79 Å². The smallest absolute Gasteiger partial charge is 0.326 e. The van der Waals surface area contributed by atoms with Crippen LogP contribution in [0.15, 0.2) is 24.3 Å². The molecule has 8 N–H and O–H groups in total. The Morgan fingerprint density at radius 1 is 0.868 bits per heavy atom. The first-order chi connectivity index (χ1) is 17.8. The molecule has 0 aliphatic carbocycles. The number of carboxylic acid groups (broad SMARTS) is 2. The number of nitrogens with two attached hydrogens (primary N) is 1. The lowest BCUT2D eigenvalue weighted by Gasteiger charge is -2.25. The van der Waals surface area contributed by atoms with Crippen LogP contribution in [0.25, 0.3) is 0 Å². The molecule has 212 valence electrons. The maximum absolute atomic E-state index is 13.2. The third kappa shape index (κ3) is 12.3. The number of amides is 3. The van der Waals surface area contributed by atoms with Gasteiger partial charge >= 0.3 is 11.9 Å². The first kappa shape index (κ1) is 32.7. The number of benzene rings is 1. The molecule has 0 heterocycles. The molecule has 4 unspecified atom stereocenters. The summed E-state index contributed by atoms with van der Waals surface area (Å²) in [5.41, 5.74) is 6.44. The average molecular weight is 555 g/mol. The zero-order valence-corrected chi connectivity index (χ0v) is 22.6. The van der Waals surface area contributed by atoms with Gasteiger partial charge in [-0.15, -0.1) is 0 Å². The van der Waals surface area contributed by atoms with E-state index in [9.17, 15) is 34.2 Å². The number of carbonyl (C=O) groups excluding carboxylic acids is 3. The van der Waals surface area contributed by atoms with E-state index < -0.39 is 60.2 Å². The van der Waals surface area contributed by atoms with Crippen molar-refractivity contribution in [1.29, 1.82) is 0 Å². The van der Waals surface area contributed by atoms with Gasteiger partial charge in [0, 0.05) is 12.8 Å². The number of aromatic hydroxyl groups is 1. The van der Waals surface area contributed by atoms with E-state index in [4.69, 9.17) is 10.8 Å². The lowest BCUT2D eigenvalue weighted by molar-refractivity contribution is -0.142. The number of thioether (sulfide) groups is 1. The van der Waals surface area contributed by atoms with Crippen molar-refractivity contribution in [3.8, 4) is 5.75 Å². The molecular weight excluding hydrogens is 516 g/mol. The highest BCUT2D eigenvalue weighted by Crippen LogP contribution is 2.13. The van der Waals surface area contributed by atoms with Crippen LogP contribution in [-0.2, 0) is 30.4 Å². The van der Waals surface area contributed by atoms with E-state index in [0.717, 1.165) is 0 Å². The summed E-state index contributed by atoms with van der Waals surface area (Å²) in [5, 5.41) is 35.6. The highest BCUT2D eigenvalue weighted by Gasteiger charge is 2.31. The van der Waals surface area contributed by atoms with Crippen LogP contribution in [0.3, 0.4) is 0 Å². The van der Waals surface area contributed by atoms with Crippen LogP contribution in [0, 0.1) is 5.92 Å². The average Bonchev–Trinajstić information content (AvgIpc) is 2.84. The Bertz CT molecular complexity index is 957. The minimum atomic E-state index is -1.29. The van der Waals surface area contributed by atoms with Gasteiger partial charge in [-0.1, -0.05) is 26.0 Å². The van der Waals surface area contributed by atoms with E-state index >= 15 is 0 Å². The molecule has 1 aromatic rings. The van der Waals surface area contributed by atoms with Crippen LogP contribution >= 0.6 is 11.8 Å². The fourth-order valence-corrected chi connectivity index (χ4v) is 4.00. The second-order valence-electron chi connectivity index (χ2n) is 9.34. The number of rotatable bonds is 17. The molecule has 0 saturated heterocycles. The van der Waals surface area contributed by atoms with Gasteiger partial charge in [0.1, 0.15) is 23.9 Å². The molecule has 0 aliphatic heterocycles. The summed E-state index contributed by atoms with van der Waals surface area (Å²) in [6.45, 7) is 3.61. The first-order valence-corrected chi connectivity index (χ1v) is 13.6. The maximum Gasteiger partial charge on any atom is 0.326 e. The molecule has 4 atom stereocenters. The van der Waals surface area contributed by atoms with Gasteiger partial charge in [-0.05, 0) is 54.9 Å². The highest BCUT2D eigenvalue weighted by molar-refractivity contribution is 7.98. The van der Waals surface area contributed by atoms with Crippen LogP contribution in [0.2, 0.25) is 0 Å². The van der Waals surface area contributed by atoms with Crippen LogP contribution < -0.4 is 21.7 Å². The van der Waals surface area contributed by atoms with E-state index in [2.05, 4.69) is 16.0 Å². The second-order valence-corrected chi connectivity index (χ2v) is 10.3. The van der Waals surface area contributed by atoms with Gasteiger partial charge < -0.3 is 37.0 Å². The Balaban J connectivity index is 3.16. The Labute approximate surface area is 226 Å². The van der Waals surface area contributed by atoms with Crippen LogP contribution in [0.1, 0.15) is 45.1 Å². The lowest BCUT2D eigenvalue weighted by Crippen LogP contribution is -2.57. The standard InChI is InChI=1S/C25H38N4O8S/c1-14(2)12-20(25(36)37)29-24(35)19(13-15-4-6-16(30)7-5-15)28-23(34)18(8-9-21(31)32)27-22(33)17(26)10-11-38-3/h4-7,14,17-20,30H,8-13,26H2,1-3H3,(H,27,33)(H,28,34)(H,29,35)(H,31,32)(H,36,37). The molecule has 0 radical (unpaired) electrons. The Hall–Kier alpha value is -3.32. The minimum Gasteiger partial charge on any atom is -0.508 e. The Morgan fingerprint density at radius 3 is 1.95 bits per heavy atom. The molecule has 38 heavy (non-hydrogen) atoms. The minimum absolute atomic E-state index is 0.00378. The van der Waals surface area contributed by atoms with Crippen molar-refractivity contribution in [3.63, 3.8) is 0 Å². The number of phenols is 1. The number of hydrogen-bond acceptors (Lipinski definition) is 8. The fraction of sp³-hybridized carbons (Fsp3) is 0.560. The third-order valence-corrected chi connectivity index (χ3v) is 6.22. The largest absolute Gasteiger partial charge is 0.508 e. The van der Waals surface area contributed by atoms with Crippen LogP contribution in [0.4, 0.5) is 0 Å². The quantitative estimate of drug-likeness (QED) is 0.141. The summed E-state index contributed by atoms with van der Waals surface area (Å²) in [5.74, 6) is -4.05. The predicted molar refractivity (Wildman–Crippen MR) is 143 cm³/mol. The maximum atomic E-state index is 13.2. The normalized spacial score (nSPS) is 14.1. The molecule has 0 aliphatic rings. The van der Waals surface area contributed by atoms with E-state index in [1.165, 1.54) is 23.9 Å². The van der Waals surface area contributed by atoms with Gasteiger partial charge in [0.25, 0.3) is 0 Å². The van der Waals surface area contributed by atoms with Gasteiger partial charge in [0.15, 0.2) is 0 Å². The molecule has 0 aromatic heterocycles. The summed E-state index contributed by atoms with van der Waals surface area (Å²) in [4.78, 5) is 61.7. The van der Waals surface area contributed by atoms with Crippen LogP contribution in [-0.4, -0.2) is 81.2 Å². The van der Waals surface area contributed by atoms with Gasteiger partial charge in [-0.3, -0.25) is 19.2 Å². The van der Waals surface area contributed by atoms with Gasteiger partial charge in [0.05, 0.1) is 6.04 Å². The van der Waals surface area contributed by atoms with Crippen molar-refractivity contribution in [3.05, 3.63) is 29.8 Å². The number of aliphatic carboxylic acids is 2. The topological polar surface area (TPSA) is 208 Å². The van der Waals surface area contributed by atoms with E-state index in [0.29, 0.717) is 17.7 Å². The molecule has 12 nitrogen and oxygen atoms in total. The molecule has 0 bridgehead atoms. The third-order valence-electron chi connectivity index (χ3n) is 5.58. The van der Waals surface area contributed by atoms with Gasteiger partial charge in [-0.2, -0.15) is 11.8 Å². The van der Waals surface area contributed by atoms with Crippen molar-refractivity contribution in [2.45, 2.75) is 70.1 Å². The Kier molecular flexibility index (Phi) is 14.2. The monoisotopic (exact) mass is 554 g/mol. The molecular formula is C25H38N4O8S. The van der Waals surface area contributed by atoms with Crippen molar-refractivity contribution in [2.24, 2.45) is 11.7 Å². The predicted octanol–water partition coefficient (Wildman–Crippen LogP) is 0.465. The fourth-order valence-electron chi connectivity index (χ4n) is 3.51. The summed E-state index contributed by atoms with van der Waals surface area (Å²) in [7, 11) is 0. The number of carboxylic acids is 2. The number of hydrogen-bond donors (Lipinski definition) is 7. The molecule has 0 fully saturated rings. The van der Waals surface area contributed by atoms with E-state index in [1.54, 1.807) is 26.0 Å². The van der Waals surface area contributed by atoms with Crippen molar-refractivity contribution in [2.75, 3.05) is 12.0 Å². The summed E-state index contributed by atoms with van der Waals surface area (Å²) < 4.78 is 0. The zero-order chi connectivity index (χ0) is 28.8. The summed E-state index contributed by atoms with van der Waals surface area (Å²) >= 11 is 1.49. The van der Waals surface area contributed by atoms with Crippen molar-refractivity contribution in [1.82, 2.24) is 16.0 Å². The van der Waals surface area contributed by atoms with E-state index in [-0.39, 0.29) is 30.9 Å². The SMILES string of the molecule is CSCCC(N)C(=O)NC(CCC(=O)O)C(=O)NC(Cc1ccc(O)cc1)C(=O)NC(CC(C)C)C(=O)O. The molecule has 0 spiro atoms. The summed E-state index contributed by atoms with van der Waals surface area (Å²) in [6, 6.07) is 1.23. The van der Waals surface area contributed by atoms with Gasteiger partial charge in [0.2, 0.25) is 17.7 Å². The molecule has 1 rings (SSSR count). The number of nitrogens with one attached hydrogen (secondary N) is 3. The van der Waals surface area contributed by atoms with Crippen molar-refractivity contribution >= 4 is 41.4 Å². The van der Waals surface area contributed by atoms with Crippen molar-refractivity contribution < 1.29 is 39.3 Å². The molecule has 1 aromatic carbocycles. The molecule has 0 saturated carbocycles. The second kappa shape index (κ2) is 16.5. The highest BCUT2D eigenvalue weighted by atomic mass is 32.2. The Morgan fingerprint density at radius 2 is 1.42 bits per heavy atom. The number of carbonyl (C=O) groups is 5. The summed E-state index contributed by atoms with van der Waals surface area (Å²) in [6.07, 6.45) is 1.62. The lowest BCUT2D eigenvalue weighted by atomic mass is 10.0. The zero-order valence-electron chi connectivity index (χ0n) is 21.8. The molecule has 3 amide bonds. The molecule has 13 heteroatoms. The first-order valence-electron chi connectivity index (χ1n) is 12.2. The van der Waals surface area contributed by atoms with E-state index in [1.807, 2.05) is 6.26 Å².